The van der Waals surface area contributed by atoms with Gasteiger partial charge in [-0.25, -0.2) is 13.6 Å². The quantitative estimate of drug-likeness (QED) is 0.723. The van der Waals surface area contributed by atoms with Crippen LogP contribution in [0.1, 0.15) is 24.4 Å². The zero-order valence-corrected chi connectivity index (χ0v) is 11.6. The normalized spacial score (nSPS) is 13.2. The maximum absolute atomic E-state index is 11.1. The van der Waals surface area contributed by atoms with Gasteiger partial charge in [-0.1, -0.05) is 17.2 Å². The summed E-state index contributed by atoms with van der Waals surface area (Å²) in [6.45, 7) is 2.15. The Bertz CT molecular complexity index is 678. The zero-order valence-electron chi connectivity index (χ0n) is 10.8. The van der Waals surface area contributed by atoms with Crippen LogP contribution in [0.3, 0.4) is 0 Å². The number of primary sulfonamides is 1. The van der Waals surface area contributed by atoms with E-state index >= 15 is 0 Å². The minimum Gasteiger partial charge on any atom is -0.406 e. The van der Waals surface area contributed by atoms with E-state index in [1.54, 1.807) is 19.1 Å². The lowest BCUT2D eigenvalue weighted by molar-refractivity contribution is 0.472. The molecular formula is C11H15N5O3S. The highest BCUT2D eigenvalue weighted by Crippen LogP contribution is 2.13. The summed E-state index contributed by atoms with van der Waals surface area (Å²) in [7, 11) is -3.67. The topological polar surface area (TPSA) is 137 Å². The van der Waals surface area contributed by atoms with Gasteiger partial charge in [0.05, 0.1) is 10.9 Å². The van der Waals surface area contributed by atoms with Crippen LogP contribution in [0.4, 0.5) is 6.01 Å². The second-order valence-corrected chi connectivity index (χ2v) is 5.84. The number of nitrogens with zero attached hydrogens (tertiary/aromatic N) is 2. The molecule has 0 aliphatic rings. The van der Waals surface area contributed by atoms with Gasteiger partial charge in [0, 0.05) is 6.54 Å². The van der Waals surface area contributed by atoms with Gasteiger partial charge in [-0.3, -0.25) is 0 Å². The van der Waals surface area contributed by atoms with Crippen molar-refractivity contribution >= 4 is 16.0 Å². The van der Waals surface area contributed by atoms with Crippen molar-refractivity contribution < 1.29 is 12.8 Å². The molecule has 0 spiro atoms. The molecule has 0 radical (unpaired) electrons. The standard InChI is InChI=1S/C11H15N5O3S/c1-7(12)10-15-16-11(19-10)14-6-8-2-4-9(5-3-8)20(13,17)18/h2-5,7H,6,12H2,1H3,(H,14,16)(H2,13,17,18). The number of aromatic nitrogens is 2. The first-order valence-corrected chi connectivity index (χ1v) is 7.35. The third-order valence-corrected chi connectivity index (χ3v) is 3.46. The van der Waals surface area contributed by atoms with Crippen LogP contribution in [0.5, 0.6) is 0 Å². The van der Waals surface area contributed by atoms with Crippen molar-refractivity contribution in [1.82, 2.24) is 10.2 Å². The Hall–Kier alpha value is -1.97. The number of benzene rings is 1. The summed E-state index contributed by atoms with van der Waals surface area (Å²) in [6, 6.07) is 6.10. The predicted molar refractivity (Wildman–Crippen MR) is 72.0 cm³/mol. The molecule has 0 saturated heterocycles. The molecule has 1 aromatic carbocycles. The van der Waals surface area contributed by atoms with E-state index in [2.05, 4.69) is 15.5 Å². The fourth-order valence-corrected chi connectivity index (χ4v) is 1.98. The second kappa shape index (κ2) is 5.57. The Labute approximate surface area is 116 Å². The molecule has 0 amide bonds. The Morgan fingerprint density at radius 2 is 1.95 bits per heavy atom. The van der Waals surface area contributed by atoms with Crippen LogP contribution in [0.15, 0.2) is 33.6 Å². The highest BCUT2D eigenvalue weighted by atomic mass is 32.2. The van der Waals surface area contributed by atoms with Crippen molar-refractivity contribution in [3.05, 3.63) is 35.7 Å². The average Bonchev–Trinajstić information content (AvgIpc) is 2.85. The molecule has 1 aromatic heterocycles. The third kappa shape index (κ3) is 3.53. The first-order valence-electron chi connectivity index (χ1n) is 5.81. The lowest BCUT2D eigenvalue weighted by Gasteiger charge is -2.03. The van der Waals surface area contributed by atoms with E-state index in [1.807, 2.05) is 0 Å². The van der Waals surface area contributed by atoms with Crippen molar-refractivity contribution in [2.45, 2.75) is 24.4 Å². The Morgan fingerprint density at radius 3 is 2.45 bits per heavy atom. The van der Waals surface area contributed by atoms with Crippen molar-refractivity contribution in [2.24, 2.45) is 10.9 Å². The van der Waals surface area contributed by atoms with E-state index in [1.165, 1.54) is 12.1 Å². The molecule has 0 aliphatic carbocycles. The van der Waals surface area contributed by atoms with Crippen molar-refractivity contribution in [3.63, 3.8) is 0 Å². The molecule has 1 heterocycles. The molecule has 1 atom stereocenters. The third-order valence-electron chi connectivity index (χ3n) is 2.53. The van der Waals surface area contributed by atoms with Crippen LogP contribution < -0.4 is 16.2 Å². The fraction of sp³-hybridized carbons (Fsp3) is 0.273. The molecule has 2 aromatic rings. The predicted octanol–water partition coefficient (Wildman–Crippen LogP) is 0.349. The highest BCUT2D eigenvalue weighted by molar-refractivity contribution is 7.89. The van der Waals surface area contributed by atoms with Crippen LogP contribution in [-0.2, 0) is 16.6 Å². The summed E-state index contributed by atoms with van der Waals surface area (Å²) in [4.78, 5) is 0.0679. The van der Waals surface area contributed by atoms with Crippen molar-refractivity contribution in [3.8, 4) is 0 Å². The first-order chi connectivity index (χ1) is 9.36. The minimum atomic E-state index is -3.67. The molecule has 0 bridgehead atoms. The zero-order chi connectivity index (χ0) is 14.8. The maximum Gasteiger partial charge on any atom is 0.315 e. The number of nitrogens with one attached hydrogen (secondary N) is 1. The van der Waals surface area contributed by atoms with Crippen LogP contribution in [0.2, 0.25) is 0 Å². The van der Waals surface area contributed by atoms with E-state index in [4.69, 9.17) is 15.3 Å². The molecule has 2 rings (SSSR count). The molecule has 0 aliphatic heterocycles. The van der Waals surface area contributed by atoms with Gasteiger partial charge in [-0.05, 0) is 24.6 Å². The second-order valence-electron chi connectivity index (χ2n) is 4.28. The smallest absolute Gasteiger partial charge is 0.315 e. The van der Waals surface area contributed by atoms with Gasteiger partial charge in [0.25, 0.3) is 0 Å². The number of hydrogen-bond acceptors (Lipinski definition) is 7. The summed E-state index contributed by atoms with van der Waals surface area (Å²) in [5.74, 6) is 0.345. The Morgan fingerprint density at radius 1 is 1.30 bits per heavy atom. The Kier molecular flexibility index (Phi) is 4.02. The number of nitrogens with two attached hydrogens (primary N) is 2. The molecule has 8 nitrogen and oxygen atoms in total. The first kappa shape index (κ1) is 14.4. The molecule has 9 heteroatoms. The molecule has 1 unspecified atom stereocenters. The number of anilines is 1. The van der Waals surface area contributed by atoms with Gasteiger partial charge < -0.3 is 15.5 Å². The largest absolute Gasteiger partial charge is 0.406 e. The van der Waals surface area contributed by atoms with E-state index in [-0.39, 0.29) is 17.0 Å². The summed E-state index contributed by atoms with van der Waals surface area (Å²) < 4.78 is 27.5. The molecule has 108 valence electrons. The molecule has 20 heavy (non-hydrogen) atoms. The number of sulfonamides is 1. The van der Waals surface area contributed by atoms with Crippen molar-refractivity contribution in [1.29, 1.82) is 0 Å². The van der Waals surface area contributed by atoms with Crippen LogP contribution >= 0.6 is 0 Å². The average molecular weight is 297 g/mol. The highest BCUT2D eigenvalue weighted by Gasteiger charge is 2.10. The minimum absolute atomic E-state index is 0.0679. The lowest BCUT2D eigenvalue weighted by atomic mass is 10.2. The van der Waals surface area contributed by atoms with Crippen LogP contribution in [-0.4, -0.2) is 18.6 Å². The summed E-state index contributed by atoms with van der Waals surface area (Å²) in [6.07, 6.45) is 0. The van der Waals surface area contributed by atoms with Gasteiger partial charge in [-0.15, -0.1) is 5.10 Å². The van der Waals surface area contributed by atoms with Crippen LogP contribution in [0, 0.1) is 0 Å². The molecule has 0 fully saturated rings. The van der Waals surface area contributed by atoms with E-state index in [0.29, 0.717) is 12.4 Å². The monoisotopic (exact) mass is 297 g/mol. The molecular weight excluding hydrogens is 282 g/mol. The summed E-state index contributed by atoms with van der Waals surface area (Å²) in [5, 5.41) is 15.5. The van der Waals surface area contributed by atoms with Gasteiger partial charge >= 0.3 is 6.01 Å². The van der Waals surface area contributed by atoms with E-state index < -0.39 is 10.0 Å². The van der Waals surface area contributed by atoms with E-state index in [0.717, 1.165) is 5.56 Å². The van der Waals surface area contributed by atoms with Gasteiger partial charge in [0.2, 0.25) is 15.9 Å². The maximum atomic E-state index is 11.1. The number of rotatable bonds is 5. The van der Waals surface area contributed by atoms with Gasteiger partial charge in [0.1, 0.15) is 0 Å². The fourth-order valence-electron chi connectivity index (χ4n) is 1.46. The lowest BCUT2D eigenvalue weighted by Crippen LogP contribution is -2.12. The van der Waals surface area contributed by atoms with E-state index in [9.17, 15) is 8.42 Å². The summed E-state index contributed by atoms with van der Waals surface area (Å²) >= 11 is 0. The van der Waals surface area contributed by atoms with Crippen molar-refractivity contribution in [2.75, 3.05) is 5.32 Å². The Balaban J connectivity index is 2.00. The number of hydrogen-bond donors (Lipinski definition) is 3. The molecule has 5 N–H and O–H groups in total. The van der Waals surface area contributed by atoms with Gasteiger partial charge in [0.15, 0.2) is 0 Å². The summed E-state index contributed by atoms with van der Waals surface area (Å²) in [5.41, 5.74) is 6.44. The van der Waals surface area contributed by atoms with Crippen LogP contribution in [0.25, 0.3) is 0 Å². The molecule has 0 saturated carbocycles. The van der Waals surface area contributed by atoms with Gasteiger partial charge in [-0.2, -0.15) is 0 Å². The SMILES string of the molecule is CC(N)c1nnc(NCc2ccc(S(N)(=O)=O)cc2)o1.